The van der Waals surface area contributed by atoms with Gasteiger partial charge in [0.1, 0.15) is 28.6 Å². The average Bonchev–Trinajstić information content (AvgIpc) is 3.20. The molecular formula is C17H16N6O. The quantitative estimate of drug-likeness (QED) is 0.700. The summed E-state index contributed by atoms with van der Waals surface area (Å²) in [7, 11) is 0. The van der Waals surface area contributed by atoms with Gasteiger partial charge in [-0.1, -0.05) is 0 Å². The molecule has 1 saturated heterocycles. The van der Waals surface area contributed by atoms with Crippen molar-refractivity contribution in [2.45, 2.75) is 12.3 Å². The molecule has 1 aliphatic rings. The van der Waals surface area contributed by atoms with E-state index in [2.05, 4.69) is 11.2 Å². The molecule has 7 heteroatoms. The highest BCUT2D eigenvalue weighted by Gasteiger charge is 2.28. The Morgan fingerprint density at radius 2 is 2.08 bits per heavy atom. The molecule has 4 rings (SSSR count). The SMILES string of the molecule is N#CN1CCC(c2nc(-c3ccc(O)cc3)c3c(N)nccn23)C1. The lowest BCUT2D eigenvalue weighted by Gasteiger charge is -2.08. The lowest BCUT2D eigenvalue weighted by atomic mass is 10.1. The number of aromatic hydroxyl groups is 1. The Morgan fingerprint density at radius 3 is 2.79 bits per heavy atom. The lowest BCUT2D eigenvalue weighted by Crippen LogP contribution is -2.14. The summed E-state index contributed by atoms with van der Waals surface area (Å²) in [6.45, 7) is 1.40. The minimum atomic E-state index is 0.171. The van der Waals surface area contributed by atoms with Crippen LogP contribution in [0.4, 0.5) is 5.82 Å². The van der Waals surface area contributed by atoms with E-state index in [-0.39, 0.29) is 11.7 Å². The summed E-state index contributed by atoms with van der Waals surface area (Å²) < 4.78 is 1.97. The van der Waals surface area contributed by atoms with Crippen molar-refractivity contribution >= 4 is 11.3 Å². The van der Waals surface area contributed by atoms with E-state index in [4.69, 9.17) is 16.0 Å². The van der Waals surface area contributed by atoms with Crippen molar-refractivity contribution in [2.24, 2.45) is 0 Å². The van der Waals surface area contributed by atoms with Crippen LogP contribution in [0.25, 0.3) is 16.8 Å². The van der Waals surface area contributed by atoms with E-state index in [1.54, 1.807) is 23.2 Å². The molecule has 3 aromatic rings. The fraction of sp³-hybridized carbons (Fsp3) is 0.235. The second-order valence-electron chi connectivity index (χ2n) is 5.93. The molecule has 2 aromatic heterocycles. The molecule has 120 valence electrons. The van der Waals surface area contributed by atoms with Crippen LogP contribution in [0.3, 0.4) is 0 Å². The summed E-state index contributed by atoms with van der Waals surface area (Å²) in [6, 6.07) is 6.87. The fourth-order valence-corrected chi connectivity index (χ4v) is 3.26. The number of benzene rings is 1. The van der Waals surface area contributed by atoms with Crippen molar-refractivity contribution in [1.29, 1.82) is 5.26 Å². The summed E-state index contributed by atoms with van der Waals surface area (Å²) in [6.07, 6.45) is 6.59. The molecule has 3 N–H and O–H groups in total. The van der Waals surface area contributed by atoms with E-state index < -0.39 is 0 Å². The molecule has 3 heterocycles. The van der Waals surface area contributed by atoms with Gasteiger partial charge in [-0.05, 0) is 30.7 Å². The number of nitriles is 1. The highest BCUT2D eigenvalue weighted by atomic mass is 16.3. The van der Waals surface area contributed by atoms with Crippen LogP contribution < -0.4 is 5.73 Å². The zero-order valence-electron chi connectivity index (χ0n) is 12.9. The third kappa shape index (κ3) is 2.20. The molecule has 0 saturated carbocycles. The highest BCUT2D eigenvalue weighted by molar-refractivity contribution is 5.85. The molecular weight excluding hydrogens is 304 g/mol. The number of fused-ring (bicyclic) bond motifs is 1. The fourth-order valence-electron chi connectivity index (χ4n) is 3.26. The van der Waals surface area contributed by atoms with E-state index >= 15 is 0 Å². The molecule has 1 aromatic carbocycles. The van der Waals surface area contributed by atoms with Crippen molar-refractivity contribution in [3.8, 4) is 23.2 Å². The van der Waals surface area contributed by atoms with Crippen molar-refractivity contribution in [2.75, 3.05) is 18.8 Å². The summed E-state index contributed by atoms with van der Waals surface area (Å²) in [4.78, 5) is 10.8. The summed E-state index contributed by atoms with van der Waals surface area (Å²) in [5, 5.41) is 18.6. The Bertz CT molecular complexity index is 940. The van der Waals surface area contributed by atoms with E-state index in [1.165, 1.54) is 0 Å². The van der Waals surface area contributed by atoms with E-state index in [0.29, 0.717) is 12.4 Å². The van der Waals surface area contributed by atoms with Crippen LogP contribution in [0.2, 0.25) is 0 Å². The first-order chi connectivity index (χ1) is 11.7. The molecule has 1 fully saturated rings. The molecule has 0 bridgehead atoms. The minimum Gasteiger partial charge on any atom is -0.508 e. The smallest absolute Gasteiger partial charge is 0.179 e. The molecule has 1 atom stereocenters. The highest BCUT2D eigenvalue weighted by Crippen LogP contribution is 2.34. The van der Waals surface area contributed by atoms with Crippen molar-refractivity contribution in [3.05, 3.63) is 42.5 Å². The zero-order valence-corrected chi connectivity index (χ0v) is 12.9. The van der Waals surface area contributed by atoms with Gasteiger partial charge in [-0.15, -0.1) is 0 Å². The van der Waals surface area contributed by atoms with Crippen LogP contribution in [0, 0.1) is 11.5 Å². The van der Waals surface area contributed by atoms with Crippen LogP contribution >= 0.6 is 0 Å². The van der Waals surface area contributed by atoms with Crippen LogP contribution in [0.5, 0.6) is 5.75 Å². The van der Waals surface area contributed by atoms with Crippen LogP contribution in [0.1, 0.15) is 18.2 Å². The van der Waals surface area contributed by atoms with Crippen molar-refractivity contribution < 1.29 is 5.11 Å². The van der Waals surface area contributed by atoms with Gasteiger partial charge in [0.15, 0.2) is 6.19 Å². The number of anilines is 1. The monoisotopic (exact) mass is 320 g/mol. The largest absolute Gasteiger partial charge is 0.508 e. The number of nitrogen functional groups attached to an aromatic ring is 1. The minimum absolute atomic E-state index is 0.171. The van der Waals surface area contributed by atoms with Gasteiger partial charge in [0.25, 0.3) is 0 Å². The number of aromatic nitrogens is 3. The standard InChI is InChI=1S/C17H16N6O/c18-10-22-7-5-12(9-22)17-21-14(11-1-3-13(24)4-2-11)15-16(19)20-6-8-23(15)17/h1-4,6,8,12,24H,5,7,9H2,(H2,19,20). The predicted octanol–water partition coefficient (Wildman–Crippen LogP) is 1.95. The van der Waals surface area contributed by atoms with Crippen LogP contribution in [0.15, 0.2) is 36.7 Å². The first-order valence-electron chi connectivity index (χ1n) is 7.74. The molecule has 0 spiro atoms. The van der Waals surface area contributed by atoms with Crippen LogP contribution in [-0.4, -0.2) is 37.5 Å². The molecule has 7 nitrogen and oxygen atoms in total. The van der Waals surface area contributed by atoms with Gasteiger partial charge in [0.2, 0.25) is 0 Å². The number of rotatable bonds is 2. The average molecular weight is 320 g/mol. The number of imidazole rings is 1. The lowest BCUT2D eigenvalue weighted by molar-refractivity contribution is 0.475. The normalized spacial score (nSPS) is 17.3. The summed E-state index contributed by atoms with van der Waals surface area (Å²) >= 11 is 0. The summed E-state index contributed by atoms with van der Waals surface area (Å²) in [5.41, 5.74) is 8.47. The first kappa shape index (κ1) is 14.3. The second kappa shape index (κ2) is 5.42. The Balaban J connectivity index is 1.89. The Morgan fingerprint density at radius 1 is 1.29 bits per heavy atom. The van der Waals surface area contributed by atoms with Gasteiger partial charge in [-0.25, -0.2) is 9.97 Å². The van der Waals surface area contributed by atoms with Gasteiger partial charge < -0.3 is 15.7 Å². The molecule has 0 radical (unpaired) electrons. The van der Waals surface area contributed by atoms with E-state index in [0.717, 1.165) is 35.6 Å². The van der Waals surface area contributed by atoms with Gasteiger partial charge in [-0.3, -0.25) is 4.40 Å². The maximum Gasteiger partial charge on any atom is 0.179 e. The van der Waals surface area contributed by atoms with Gasteiger partial charge in [0, 0.05) is 37.0 Å². The number of nitrogens with two attached hydrogens (primary N) is 1. The number of phenolic OH excluding ortho intramolecular Hbond substituents is 1. The number of nitrogens with zero attached hydrogens (tertiary/aromatic N) is 5. The Kier molecular flexibility index (Phi) is 3.24. The first-order valence-corrected chi connectivity index (χ1v) is 7.74. The van der Waals surface area contributed by atoms with E-state index in [9.17, 15) is 5.11 Å². The molecule has 0 aliphatic carbocycles. The Hall–Kier alpha value is -3.27. The summed E-state index contributed by atoms with van der Waals surface area (Å²) in [5.74, 6) is 1.67. The number of hydrogen-bond acceptors (Lipinski definition) is 6. The van der Waals surface area contributed by atoms with Gasteiger partial charge in [-0.2, -0.15) is 5.26 Å². The predicted molar refractivity (Wildman–Crippen MR) is 89.0 cm³/mol. The van der Waals surface area contributed by atoms with Crippen molar-refractivity contribution in [1.82, 2.24) is 19.3 Å². The topological polar surface area (TPSA) is 103 Å². The maximum absolute atomic E-state index is 9.51. The molecule has 0 amide bonds. The van der Waals surface area contributed by atoms with Crippen LogP contribution in [-0.2, 0) is 0 Å². The van der Waals surface area contributed by atoms with E-state index in [1.807, 2.05) is 22.7 Å². The third-order valence-corrected chi connectivity index (χ3v) is 4.45. The number of likely N-dealkylation sites (tertiary alicyclic amines) is 1. The molecule has 1 aliphatic heterocycles. The Labute approximate surface area is 138 Å². The molecule has 24 heavy (non-hydrogen) atoms. The zero-order chi connectivity index (χ0) is 16.7. The molecule has 1 unspecified atom stereocenters. The number of hydrogen-bond donors (Lipinski definition) is 2. The number of phenols is 1. The maximum atomic E-state index is 9.51. The van der Waals surface area contributed by atoms with Gasteiger partial charge in [0.05, 0.1) is 0 Å². The third-order valence-electron chi connectivity index (χ3n) is 4.45. The van der Waals surface area contributed by atoms with Crippen molar-refractivity contribution in [3.63, 3.8) is 0 Å². The van der Waals surface area contributed by atoms with Gasteiger partial charge >= 0.3 is 0 Å². The second-order valence-corrected chi connectivity index (χ2v) is 5.93.